The van der Waals surface area contributed by atoms with Crippen LogP contribution in [-0.4, -0.2) is 46.3 Å². The number of hydrogen-bond acceptors (Lipinski definition) is 7. The van der Waals surface area contributed by atoms with Gasteiger partial charge >= 0.3 is 0 Å². The van der Waals surface area contributed by atoms with Crippen molar-refractivity contribution in [2.24, 2.45) is 0 Å². The number of thioether (sulfide) groups is 1. The summed E-state index contributed by atoms with van der Waals surface area (Å²) in [7, 11) is 0. The SMILES string of the molecule is CC[C@@H](C)n1nccc1NC(=O)[C@H](C)Sc1nnnn1-c1ccc(O)cc1. The minimum absolute atomic E-state index is 0.159. The van der Waals surface area contributed by atoms with E-state index in [1.165, 1.54) is 16.4 Å². The molecule has 2 atom stereocenters. The Labute approximate surface area is 160 Å². The largest absolute Gasteiger partial charge is 0.508 e. The molecule has 0 radical (unpaired) electrons. The number of carbonyl (C=O) groups excluding carboxylic acids is 1. The molecule has 2 aromatic heterocycles. The predicted octanol–water partition coefficient (Wildman–Crippen LogP) is 2.65. The molecule has 142 valence electrons. The van der Waals surface area contributed by atoms with Crippen LogP contribution in [0.5, 0.6) is 5.75 Å². The first-order valence-corrected chi connectivity index (χ1v) is 9.46. The number of carbonyl (C=O) groups is 1. The van der Waals surface area contributed by atoms with Crippen molar-refractivity contribution in [2.45, 2.75) is 43.6 Å². The number of aromatic nitrogens is 6. The van der Waals surface area contributed by atoms with E-state index >= 15 is 0 Å². The Hall–Kier alpha value is -2.88. The quantitative estimate of drug-likeness (QED) is 0.600. The number of nitrogens with one attached hydrogen (secondary N) is 1. The molecule has 1 aromatic carbocycles. The van der Waals surface area contributed by atoms with Crippen molar-refractivity contribution >= 4 is 23.5 Å². The number of rotatable bonds is 7. The number of tetrazole rings is 1. The van der Waals surface area contributed by atoms with Gasteiger partial charge in [0.15, 0.2) is 0 Å². The van der Waals surface area contributed by atoms with E-state index in [2.05, 4.69) is 32.9 Å². The van der Waals surface area contributed by atoms with Crippen LogP contribution in [0.4, 0.5) is 5.82 Å². The van der Waals surface area contributed by atoms with Crippen LogP contribution in [-0.2, 0) is 4.79 Å². The molecule has 1 amide bonds. The molecule has 0 spiro atoms. The Balaban J connectivity index is 1.70. The average molecular weight is 387 g/mol. The molecule has 2 heterocycles. The fraction of sp³-hybridized carbons (Fsp3) is 0.353. The van der Waals surface area contributed by atoms with Crippen LogP contribution >= 0.6 is 11.8 Å². The number of benzene rings is 1. The van der Waals surface area contributed by atoms with E-state index < -0.39 is 5.25 Å². The lowest BCUT2D eigenvalue weighted by Crippen LogP contribution is -2.25. The number of anilines is 1. The highest BCUT2D eigenvalue weighted by Crippen LogP contribution is 2.25. The second kappa shape index (κ2) is 8.21. The molecule has 10 heteroatoms. The van der Waals surface area contributed by atoms with Crippen molar-refractivity contribution in [2.75, 3.05) is 5.32 Å². The minimum Gasteiger partial charge on any atom is -0.508 e. The first-order chi connectivity index (χ1) is 13.0. The average Bonchev–Trinajstić information content (AvgIpc) is 3.31. The molecule has 0 saturated carbocycles. The zero-order valence-electron chi connectivity index (χ0n) is 15.3. The third kappa shape index (κ3) is 4.27. The zero-order valence-corrected chi connectivity index (χ0v) is 16.1. The van der Waals surface area contributed by atoms with E-state index in [0.717, 1.165) is 6.42 Å². The minimum atomic E-state index is -0.424. The summed E-state index contributed by atoms with van der Waals surface area (Å²) in [6.45, 7) is 5.91. The third-order valence-electron chi connectivity index (χ3n) is 4.12. The highest BCUT2D eigenvalue weighted by atomic mass is 32.2. The molecule has 0 unspecified atom stereocenters. The zero-order chi connectivity index (χ0) is 19.4. The van der Waals surface area contributed by atoms with Gasteiger partial charge in [-0.25, -0.2) is 4.68 Å². The monoisotopic (exact) mass is 387 g/mol. The third-order valence-corrected chi connectivity index (χ3v) is 5.15. The highest BCUT2D eigenvalue weighted by molar-refractivity contribution is 8.00. The van der Waals surface area contributed by atoms with Gasteiger partial charge in [0.2, 0.25) is 11.1 Å². The Morgan fingerprint density at radius 1 is 1.26 bits per heavy atom. The van der Waals surface area contributed by atoms with Gasteiger partial charge < -0.3 is 10.4 Å². The number of amides is 1. The second-order valence-corrected chi connectivity index (χ2v) is 7.37. The Kier molecular flexibility index (Phi) is 5.75. The van der Waals surface area contributed by atoms with Crippen molar-refractivity contribution in [3.8, 4) is 11.4 Å². The van der Waals surface area contributed by atoms with Gasteiger partial charge in [-0.1, -0.05) is 18.7 Å². The van der Waals surface area contributed by atoms with E-state index in [1.54, 1.807) is 48.1 Å². The first kappa shape index (κ1) is 18.9. The molecule has 3 rings (SSSR count). The molecule has 0 aliphatic rings. The lowest BCUT2D eigenvalue weighted by Gasteiger charge is -2.16. The molecule has 3 aromatic rings. The van der Waals surface area contributed by atoms with Crippen LogP contribution in [0.25, 0.3) is 5.69 Å². The van der Waals surface area contributed by atoms with Gasteiger partial charge in [-0.2, -0.15) is 9.78 Å². The fourth-order valence-corrected chi connectivity index (χ4v) is 3.19. The van der Waals surface area contributed by atoms with Gasteiger partial charge in [-0.05, 0) is 55.0 Å². The molecule has 9 nitrogen and oxygen atoms in total. The highest BCUT2D eigenvalue weighted by Gasteiger charge is 2.21. The van der Waals surface area contributed by atoms with Crippen LogP contribution in [0.1, 0.15) is 33.2 Å². The summed E-state index contributed by atoms with van der Waals surface area (Å²) in [5.41, 5.74) is 0.697. The van der Waals surface area contributed by atoms with Crippen molar-refractivity contribution in [1.29, 1.82) is 0 Å². The summed E-state index contributed by atoms with van der Waals surface area (Å²) in [5.74, 6) is 0.664. The Morgan fingerprint density at radius 2 is 2.00 bits per heavy atom. The Bertz CT molecular complexity index is 906. The number of phenolic OH excluding ortho intramolecular Hbond substituents is 1. The van der Waals surface area contributed by atoms with Crippen molar-refractivity contribution < 1.29 is 9.90 Å². The number of nitrogens with zero attached hydrogens (tertiary/aromatic N) is 6. The summed E-state index contributed by atoms with van der Waals surface area (Å²) in [6.07, 6.45) is 2.58. The molecule has 0 saturated heterocycles. The maximum Gasteiger partial charge on any atom is 0.238 e. The number of hydrogen-bond donors (Lipinski definition) is 2. The van der Waals surface area contributed by atoms with E-state index in [-0.39, 0.29) is 17.7 Å². The summed E-state index contributed by atoms with van der Waals surface area (Å²) in [5, 5.41) is 28.3. The van der Waals surface area contributed by atoms with Gasteiger partial charge in [0.25, 0.3) is 0 Å². The van der Waals surface area contributed by atoms with Crippen LogP contribution in [0, 0.1) is 0 Å². The van der Waals surface area contributed by atoms with Crippen LogP contribution in [0.3, 0.4) is 0 Å². The van der Waals surface area contributed by atoms with Crippen molar-refractivity contribution in [3.05, 3.63) is 36.5 Å². The number of aromatic hydroxyl groups is 1. The maximum atomic E-state index is 12.6. The summed E-state index contributed by atoms with van der Waals surface area (Å²) in [6, 6.07) is 8.48. The van der Waals surface area contributed by atoms with E-state index in [1.807, 2.05) is 6.92 Å². The van der Waals surface area contributed by atoms with Gasteiger partial charge in [0.1, 0.15) is 11.6 Å². The predicted molar refractivity (Wildman–Crippen MR) is 102 cm³/mol. The molecule has 0 aliphatic carbocycles. The molecular weight excluding hydrogens is 366 g/mol. The van der Waals surface area contributed by atoms with Gasteiger partial charge in [0.05, 0.1) is 23.2 Å². The molecule has 0 aliphatic heterocycles. The summed E-state index contributed by atoms with van der Waals surface area (Å²) < 4.78 is 3.33. The lowest BCUT2D eigenvalue weighted by atomic mass is 10.3. The number of phenols is 1. The van der Waals surface area contributed by atoms with Gasteiger partial charge in [-0.3, -0.25) is 4.79 Å². The topological polar surface area (TPSA) is 111 Å². The first-order valence-electron chi connectivity index (χ1n) is 8.58. The maximum absolute atomic E-state index is 12.6. The summed E-state index contributed by atoms with van der Waals surface area (Å²) in [4.78, 5) is 12.6. The molecule has 0 fully saturated rings. The second-order valence-electron chi connectivity index (χ2n) is 6.06. The van der Waals surface area contributed by atoms with E-state index in [4.69, 9.17) is 0 Å². The smallest absolute Gasteiger partial charge is 0.238 e. The lowest BCUT2D eigenvalue weighted by molar-refractivity contribution is -0.115. The van der Waals surface area contributed by atoms with E-state index in [9.17, 15) is 9.90 Å². The normalized spacial score (nSPS) is 13.3. The summed E-state index contributed by atoms with van der Waals surface area (Å²) >= 11 is 1.25. The molecule has 2 N–H and O–H groups in total. The van der Waals surface area contributed by atoms with Crippen LogP contribution < -0.4 is 5.32 Å². The van der Waals surface area contributed by atoms with Gasteiger partial charge in [0, 0.05) is 6.07 Å². The molecule has 27 heavy (non-hydrogen) atoms. The standard InChI is InChI=1S/C17H21N7O2S/c1-4-11(2)23-15(9-10-18-23)19-16(26)12(3)27-17-20-21-22-24(17)13-5-7-14(25)8-6-13/h5-12,25H,4H2,1-3H3,(H,19,26)/t11-,12+/m1/s1. The molecule has 0 bridgehead atoms. The fourth-order valence-electron chi connectivity index (χ4n) is 2.39. The van der Waals surface area contributed by atoms with Crippen LogP contribution in [0.15, 0.2) is 41.7 Å². The van der Waals surface area contributed by atoms with Gasteiger partial charge in [-0.15, -0.1) is 5.10 Å². The van der Waals surface area contributed by atoms with Crippen molar-refractivity contribution in [1.82, 2.24) is 30.0 Å². The molecular formula is C17H21N7O2S. The van der Waals surface area contributed by atoms with Crippen molar-refractivity contribution in [3.63, 3.8) is 0 Å². The Morgan fingerprint density at radius 3 is 2.70 bits per heavy atom. The van der Waals surface area contributed by atoms with Crippen LogP contribution in [0.2, 0.25) is 0 Å². The van der Waals surface area contributed by atoms with E-state index in [0.29, 0.717) is 16.7 Å².